The Bertz CT molecular complexity index is 1070. The average Bonchev–Trinajstić information content (AvgIpc) is 2.82. The minimum atomic E-state index is -4.56. The molecular weight excluding hydrogens is 441 g/mol. The van der Waals surface area contributed by atoms with Gasteiger partial charge < -0.3 is 9.84 Å². The third kappa shape index (κ3) is 4.53. The first kappa shape index (κ1) is 24.6. The number of halogens is 3. The van der Waals surface area contributed by atoms with Gasteiger partial charge in [0.15, 0.2) is 9.84 Å². The van der Waals surface area contributed by atoms with Crippen LogP contribution in [0, 0.1) is 5.41 Å². The van der Waals surface area contributed by atoms with Crippen molar-refractivity contribution in [3.05, 3.63) is 59.2 Å². The number of hydrogen-bond acceptors (Lipinski definition) is 4. The Labute approximate surface area is 187 Å². The number of sulfone groups is 1. The molecule has 1 N–H and O–H groups in total. The predicted octanol–water partition coefficient (Wildman–Crippen LogP) is 5.58. The zero-order chi connectivity index (χ0) is 23.7. The highest BCUT2D eigenvalue weighted by Gasteiger charge is 2.49. The van der Waals surface area contributed by atoms with Gasteiger partial charge in [-0.15, -0.1) is 0 Å². The molecule has 8 heteroatoms. The molecule has 0 amide bonds. The Balaban J connectivity index is 2.32. The number of unbranched alkanes of at least 4 members (excludes halogenated alkanes) is 1. The molecule has 4 nitrogen and oxygen atoms in total. The Hall–Kier alpha value is -2.06. The molecule has 0 bridgehead atoms. The number of benzene rings is 2. The second-order valence-corrected chi connectivity index (χ2v) is 10.5. The van der Waals surface area contributed by atoms with Crippen molar-refractivity contribution in [2.24, 2.45) is 5.41 Å². The predicted molar refractivity (Wildman–Crippen MR) is 117 cm³/mol. The Morgan fingerprint density at radius 3 is 2.47 bits per heavy atom. The molecule has 1 heterocycles. The zero-order valence-electron chi connectivity index (χ0n) is 18.4. The molecule has 0 saturated heterocycles. The van der Waals surface area contributed by atoms with Crippen molar-refractivity contribution >= 4 is 9.84 Å². The number of fused-ring (bicyclic) bond motifs is 1. The lowest BCUT2D eigenvalue weighted by atomic mass is 9.69. The van der Waals surface area contributed by atoms with Gasteiger partial charge in [0.2, 0.25) is 0 Å². The molecule has 3 rings (SSSR count). The van der Waals surface area contributed by atoms with Crippen molar-refractivity contribution < 1.29 is 31.4 Å². The van der Waals surface area contributed by atoms with E-state index in [1.165, 1.54) is 37.4 Å². The fourth-order valence-electron chi connectivity index (χ4n) is 4.75. The van der Waals surface area contributed by atoms with Crippen molar-refractivity contribution in [2.45, 2.75) is 62.6 Å². The van der Waals surface area contributed by atoms with Gasteiger partial charge in [0, 0.05) is 11.3 Å². The van der Waals surface area contributed by atoms with Gasteiger partial charge in [0.25, 0.3) is 0 Å². The number of alkyl halides is 3. The molecule has 2 aromatic rings. The fraction of sp³-hybridized carbons (Fsp3) is 0.500. The van der Waals surface area contributed by atoms with Gasteiger partial charge in [-0.25, -0.2) is 8.42 Å². The van der Waals surface area contributed by atoms with Crippen LogP contribution in [0.1, 0.15) is 62.1 Å². The van der Waals surface area contributed by atoms with Crippen LogP contribution < -0.4 is 4.74 Å². The molecule has 1 aliphatic rings. The maximum absolute atomic E-state index is 13.5. The van der Waals surface area contributed by atoms with E-state index >= 15 is 0 Å². The first-order valence-electron chi connectivity index (χ1n) is 10.7. The number of hydrogen-bond donors (Lipinski definition) is 1. The zero-order valence-corrected chi connectivity index (χ0v) is 19.3. The molecule has 0 aromatic heterocycles. The van der Waals surface area contributed by atoms with Crippen LogP contribution in [0.15, 0.2) is 47.4 Å². The van der Waals surface area contributed by atoms with E-state index in [2.05, 4.69) is 0 Å². The molecule has 1 aliphatic heterocycles. The van der Waals surface area contributed by atoms with Crippen molar-refractivity contribution in [3.63, 3.8) is 0 Å². The molecule has 1 unspecified atom stereocenters. The van der Waals surface area contributed by atoms with Crippen LogP contribution in [0.5, 0.6) is 5.75 Å². The molecule has 32 heavy (non-hydrogen) atoms. The van der Waals surface area contributed by atoms with Crippen LogP contribution in [0.2, 0.25) is 0 Å². The Kier molecular flexibility index (Phi) is 6.96. The summed E-state index contributed by atoms with van der Waals surface area (Å²) in [6, 6.07) is 9.27. The molecule has 0 radical (unpaired) electrons. The number of aliphatic hydroxyl groups excluding tert-OH is 1. The summed E-state index contributed by atoms with van der Waals surface area (Å²) in [6.45, 7) is 3.80. The third-order valence-corrected chi connectivity index (χ3v) is 8.61. The number of rotatable bonds is 6. The standard InChI is InChI=1S/C24H29F3O4S/c1-4-6-12-23(5-2)15-32(29,30)20-11-10-18(31-3)14-19(20)21(22(23)28)16-8-7-9-17(13-16)24(25,26)27/h7-11,13-14,21-22,28H,4-6,12,15H2,1-3H3/t21?,22-,23-/m1/s1. The van der Waals surface area contributed by atoms with Crippen molar-refractivity contribution in [3.8, 4) is 5.75 Å². The maximum Gasteiger partial charge on any atom is 0.416 e. The number of methoxy groups -OCH3 is 1. The Morgan fingerprint density at radius 2 is 1.88 bits per heavy atom. The molecule has 0 saturated carbocycles. The van der Waals surface area contributed by atoms with Crippen LogP contribution in [-0.4, -0.2) is 32.5 Å². The second-order valence-electron chi connectivity index (χ2n) is 8.53. The average molecular weight is 471 g/mol. The first-order chi connectivity index (χ1) is 15.0. The van der Waals surface area contributed by atoms with Gasteiger partial charge in [0.1, 0.15) is 5.75 Å². The quantitative estimate of drug-likeness (QED) is 0.599. The van der Waals surface area contributed by atoms with E-state index in [1.54, 1.807) is 0 Å². The lowest BCUT2D eigenvalue weighted by Gasteiger charge is -2.39. The van der Waals surface area contributed by atoms with E-state index in [-0.39, 0.29) is 21.8 Å². The second kappa shape index (κ2) is 9.06. The van der Waals surface area contributed by atoms with Crippen LogP contribution in [0.25, 0.3) is 0 Å². The van der Waals surface area contributed by atoms with E-state index in [0.29, 0.717) is 25.0 Å². The number of ether oxygens (including phenoxy) is 1. The summed E-state index contributed by atoms with van der Waals surface area (Å²) < 4.78 is 72.5. The SMILES string of the molecule is CCCC[C@]1(CC)CS(=O)(=O)c2ccc(OC)cc2C(c2cccc(C(F)(F)F)c2)[C@H]1O. The summed E-state index contributed by atoms with van der Waals surface area (Å²) in [6.07, 6.45) is -3.39. The summed E-state index contributed by atoms with van der Waals surface area (Å²) in [4.78, 5) is 0.0339. The fourth-order valence-corrected chi connectivity index (χ4v) is 7.00. The molecular formula is C24H29F3O4S. The van der Waals surface area contributed by atoms with Gasteiger partial charge in [-0.1, -0.05) is 44.9 Å². The lowest BCUT2D eigenvalue weighted by molar-refractivity contribution is -0.137. The van der Waals surface area contributed by atoms with E-state index < -0.39 is 39.0 Å². The molecule has 3 atom stereocenters. The van der Waals surface area contributed by atoms with Gasteiger partial charge in [-0.2, -0.15) is 13.2 Å². The van der Waals surface area contributed by atoms with E-state index in [9.17, 15) is 26.7 Å². The minimum absolute atomic E-state index is 0.0339. The summed E-state index contributed by atoms with van der Waals surface area (Å²) >= 11 is 0. The van der Waals surface area contributed by atoms with Crippen molar-refractivity contribution in [2.75, 3.05) is 12.9 Å². The van der Waals surface area contributed by atoms with E-state index in [4.69, 9.17) is 4.74 Å². The summed E-state index contributed by atoms with van der Waals surface area (Å²) in [7, 11) is -2.37. The minimum Gasteiger partial charge on any atom is -0.497 e. The first-order valence-corrected chi connectivity index (χ1v) is 12.4. The van der Waals surface area contributed by atoms with Crippen LogP contribution in [-0.2, 0) is 16.0 Å². The molecule has 2 aromatic carbocycles. The van der Waals surface area contributed by atoms with Crippen molar-refractivity contribution in [1.82, 2.24) is 0 Å². The van der Waals surface area contributed by atoms with E-state index in [1.807, 2.05) is 13.8 Å². The maximum atomic E-state index is 13.5. The Morgan fingerprint density at radius 1 is 1.16 bits per heavy atom. The van der Waals surface area contributed by atoms with Gasteiger partial charge in [0.05, 0.1) is 29.4 Å². The normalized spacial score (nSPS) is 25.1. The lowest BCUT2D eigenvalue weighted by Crippen LogP contribution is -2.42. The van der Waals surface area contributed by atoms with Gasteiger partial charge in [-0.05, 0) is 48.2 Å². The smallest absolute Gasteiger partial charge is 0.416 e. The van der Waals surface area contributed by atoms with Crippen LogP contribution in [0.3, 0.4) is 0 Å². The van der Waals surface area contributed by atoms with Gasteiger partial charge in [-0.3, -0.25) is 0 Å². The highest BCUT2D eigenvalue weighted by Crippen LogP contribution is 2.49. The van der Waals surface area contributed by atoms with Gasteiger partial charge >= 0.3 is 6.18 Å². The van der Waals surface area contributed by atoms with Crippen LogP contribution in [0.4, 0.5) is 13.2 Å². The summed E-state index contributed by atoms with van der Waals surface area (Å²) in [5, 5.41) is 11.7. The van der Waals surface area contributed by atoms with Crippen LogP contribution >= 0.6 is 0 Å². The molecule has 176 valence electrons. The largest absolute Gasteiger partial charge is 0.497 e. The molecule has 0 fully saturated rings. The van der Waals surface area contributed by atoms with Crippen molar-refractivity contribution in [1.29, 1.82) is 0 Å². The monoisotopic (exact) mass is 470 g/mol. The molecule has 0 spiro atoms. The summed E-state index contributed by atoms with van der Waals surface area (Å²) in [5.74, 6) is -0.830. The number of aliphatic hydroxyl groups is 1. The highest BCUT2D eigenvalue weighted by molar-refractivity contribution is 7.91. The van der Waals surface area contributed by atoms with E-state index in [0.717, 1.165) is 18.6 Å². The molecule has 0 aliphatic carbocycles. The summed E-state index contributed by atoms with van der Waals surface area (Å²) in [5.41, 5.74) is -1.33. The highest BCUT2D eigenvalue weighted by atomic mass is 32.2. The topological polar surface area (TPSA) is 63.6 Å². The third-order valence-electron chi connectivity index (χ3n) is 6.61.